The summed E-state index contributed by atoms with van der Waals surface area (Å²) in [6, 6.07) is 5.37. The van der Waals surface area contributed by atoms with Gasteiger partial charge >= 0.3 is 0 Å². The van der Waals surface area contributed by atoms with E-state index in [1.165, 1.54) is 6.42 Å². The van der Waals surface area contributed by atoms with E-state index in [4.69, 9.17) is 4.74 Å². The highest BCUT2D eigenvalue weighted by Crippen LogP contribution is 2.40. The summed E-state index contributed by atoms with van der Waals surface area (Å²) in [6.07, 6.45) is 3.79. The predicted octanol–water partition coefficient (Wildman–Crippen LogP) is 2.41. The van der Waals surface area contributed by atoms with E-state index < -0.39 is 0 Å². The first-order valence-corrected chi connectivity index (χ1v) is 7.06. The minimum absolute atomic E-state index is 0.00991. The van der Waals surface area contributed by atoms with Crippen LogP contribution >= 0.6 is 0 Å². The van der Waals surface area contributed by atoms with Gasteiger partial charge in [-0.15, -0.1) is 0 Å². The van der Waals surface area contributed by atoms with Gasteiger partial charge in [0.2, 0.25) is 0 Å². The molecule has 0 bridgehead atoms. The van der Waals surface area contributed by atoms with Crippen LogP contribution in [0.2, 0.25) is 0 Å². The molecule has 0 radical (unpaired) electrons. The minimum atomic E-state index is 0.00991. The van der Waals surface area contributed by atoms with Gasteiger partial charge in [-0.3, -0.25) is 4.90 Å². The number of phenols is 2. The van der Waals surface area contributed by atoms with Gasteiger partial charge in [0.15, 0.2) is 0 Å². The van der Waals surface area contributed by atoms with Crippen LogP contribution in [0.25, 0.3) is 0 Å². The van der Waals surface area contributed by atoms with Crippen molar-refractivity contribution < 1.29 is 14.9 Å². The summed E-state index contributed by atoms with van der Waals surface area (Å²) in [6.45, 7) is 3.64. The Balaban J connectivity index is 1.88. The molecule has 1 heterocycles. The SMILES string of the molecule is CC(c1c(O)cccc1O)N1CCOC2CCCC21. The first-order chi connectivity index (χ1) is 9.18. The maximum atomic E-state index is 10.0. The third-order valence-corrected chi connectivity index (χ3v) is 4.50. The Labute approximate surface area is 113 Å². The second kappa shape index (κ2) is 5.02. The lowest BCUT2D eigenvalue weighted by molar-refractivity contribution is -0.0703. The van der Waals surface area contributed by atoms with Gasteiger partial charge in [-0.05, 0) is 38.3 Å². The van der Waals surface area contributed by atoms with Crippen LogP contribution in [0.1, 0.15) is 37.8 Å². The van der Waals surface area contributed by atoms with Crippen molar-refractivity contribution >= 4 is 0 Å². The Bertz CT molecular complexity index is 442. The standard InChI is InChI=1S/C15H21NO3/c1-10(15-12(17)5-3-6-13(15)18)16-8-9-19-14-7-2-4-11(14)16/h3,5-6,10-11,14,17-18H,2,4,7-9H2,1H3. The Morgan fingerprint density at radius 1 is 1.26 bits per heavy atom. The van der Waals surface area contributed by atoms with E-state index >= 15 is 0 Å². The summed E-state index contributed by atoms with van der Waals surface area (Å²) in [5, 5.41) is 20.0. The van der Waals surface area contributed by atoms with E-state index in [1.54, 1.807) is 18.2 Å². The largest absolute Gasteiger partial charge is 0.507 e. The monoisotopic (exact) mass is 263 g/mol. The number of hydrogen-bond donors (Lipinski definition) is 2. The van der Waals surface area contributed by atoms with Gasteiger partial charge in [0.25, 0.3) is 0 Å². The van der Waals surface area contributed by atoms with E-state index in [1.807, 2.05) is 0 Å². The van der Waals surface area contributed by atoms with E-state index in [9.17, 15) is 10.2 Å². The molecule has 1 aliphatic carbocycles. The predicted molar refractivity (Wildman–Crippen MR) is 72.3 cm³/mol. The Kier molecular flexibility index (Phi) is 3.37. The zero-order chi connectivity index (χ0) is 13.4. The van der Waals surface area contributed by atoms with Crippen molar-refractivity contribution in [2.45, 2.75) is 44.4 Å². The van der Waals surface area contributed by atoms with Crippen LogP contribution in [0.4, 0.5) is 0 Å². The molecule has 1 aromatic rings. The summed E-state index contributed by atoms with van der Waals surface area (Å²) in [5.74, 6) is 0.349. The zero-order valence-corrected chi connectivity index (χ0v) is 11.2. The molecular weight excluding hydrogens is 242 g/mol. The normalized spacial score (nSPS) is 29.1. The van der Waals surface area contributed by atoms with Crippen molar-refractivity contribution in [2.24, 2.45) is 0 Å². The maximum Gasteiger partial charge on any atom is 0.124 e. The number of hydrogen-bond acceptors (Lipinski definition) is 4. The molecule has 19 heavy (non-hydrogen) atoms. The van der Waals surface area contributed by atoms with E-state index in [0.29, 0.717) is 17.7 Å². The molecule has 1 saturated heterocycles. The number of nitrogens with zero attached hydrogens (tertiary/aromatic N) is 1. The number of fused-ring (bicyclic) bond motifs is 1. The van der Waals surface area contributed by atoms with Crippen LogP contribution in [0.15, 0.2) is 18.2 Å². The summed E-state index contributed by atoms with van der Waals surface area (Å²) in [4.78, 5) is 2.37. The molecule has 4 nitrogen and oxygen atoms in total. The topological polar surface area (TPSA) is 52.9 Å². The first-order valence-electron chi connectivity index (χ1n) is 7.06. The van der Waals surface area contributed by atoms with Gasteiger partial charge < -0.3 is 14.9 Å². The summed E-state index contributed by atoms with van der Waals surface area (Å²) in [7, 11) is 0. The lowest BCUT2D eigenvalue weighted by atomic mass is 10.0. The third kappa shape index (κ3) is 2.19. The van der Waals surface area contributed by atoms with Gasteiger partial charge in [-0.25, -0.2) is 0 Å². The lowest BCUT2D eigenvalue weighted by Crippen LogP contribution is -2.49. The number of morpholine rings is 1. The van der Waals surface area contributed by atoms with Crippen molar-refractivity contribution in [3.8, 4) is 11.5 Å². The molecule has 0 spiro atoms. The van der Waals surface area contributed by atoms with E-state index in [-0.39, 0.29) is 17.5 Å². The van der Waals surface area contributed by atoms with Gasteiger partial charge in [0.05, 0.1) is 18.3 Å². The Hall–Kier alpha value is -1.26. The molecule has 0 aromatic heterocycles. The van der Waals surface area contributed by atoms with Crippen molar-refractivity contribution in [3.05, 3.63) is 23.8 Å². The first kappa shape index (κ1) is 12.8. The second-order valence-electron chi connectivity index (χ2n) is 5.53. The third-order valence-electron chi connectivity index (χ3n) is 4.50. The molecule has 2 aliphatic rings. The van der Waals surface area contributed by atoms with E-state index in [0.717, 1.165) is 26.0 Å². The smallest absolute Gasteiger partial charge is 0.124 e. The van der Waals surface area contributed by atoms with Gasteiger partial charge in [0, 0.05) is 18.6 Å². The number of phenolic OH excluding ortho intramolecular Hbond substituents is 2. The number of rotatable bonds is 2. The molecule has 3 atom stereocenters. The summed E-state index contributed by atoms with van der Waals surface area (Å²) in [5.41, 5.74) is 0.634. The van der Waals surface area contributed by atoms with Crippen LogP contribution in [-0.4, -0.2) is 40.4 Å². The van der Waals surface area contributed by atoms with Crippen molar-refractivity contribution in [1.82, 2.24) is 4.90 Å². The van der Waals surface area contributed by atoms with Gasteiger partial charge in [-0.2, -0.15) is 0 Å². The quantitative estimate of drug-likeness (QED) is 0.860. The van der Waals surface area contributed by atoms with Crippen LogP contribution in [0.3, 0.4) is 0 Å². The molecule has 1 saturated carbocycles. The van der Waals surface area contributed by atoms with Gasteiger partial charge in [0.1, 0.15) is 11.5 Å². The average molecular weight is 263 g/mol. The highest BCUT2D eigenvalue weighted by atomic mass is 16.5. The molecule has 3 unspecified atom stereocenters. The molecule has 104 valence electrons. The van der Waals surface area contributed by atoms with Crippen molar-refractivity contribution in [2.75, 3.05) is 13.2 Å². The molecule has 0 amide bonds. The molecule has 2 fully saturated rings. The number of ether oxygens (including phenoxy) is 1. The maximum absolute atomic E-state index is 10.0. The lowest BCUT2D eigenvalue weighted by Gasteiger charge is -2.41. The average Bonchev–Trinajstić information content (AvgIpc) is 2.86. The number of benzene rings is 1. The molecule has 3 rings (SSSR count). The highest BCUT2D eigenvalue weighted by molar-refractivity contribution is 5.45. The van der Waals surface area contributed by atoms with E-state index in [2.05, 4.69) is 11.8 Å². The van der Waals surface area contributed by atoms with Crippen LogP contribution < -0.4 is 0 Å². The molecular formula is C15H21NO3. The number of aromatic hydroxyl groups is 2. The van der Waals surface area contributed by atoms with Crippen LogP contribution in [-0.2, 0) is 4.74 Å². The van der Waals surface area contributed by atoms with Crippen LogP contribution in [0, 0.1) is 0 Å². The van der Waals surface area contributed by atoms with Crippen molar-refractivity contribution in [3.63, 3.8) is 0 Å². The Morgan fingerprint density at radius 2 is 2.00 bits per heavy atom. The minimum Gasteiger partial charge on any atom is -0.507 e. The zero-order valence-electron chi connectivity index (χ0n) is 11.2. The van der Waals surface area contributed by atoms with Crippen molar-refractivity contribution in [1.29, 1.82) is 0 Å². The Morgan fingerprint density at radius 3 is 2.74 bits per heavy atom. The second-order valence-corrected chi connectivity index (χ2v) is 5.53. The molecule has 2 N–H and O–H groups in total. The molecule has 1 aromatic carbocycles. The highest BCUT2D eigenvalue weighted by Gasteiger charge is 2.39. The summed E-state index contributed by atoms with van der Waals surface area (Å²) < 4.78 is 5.81. The fourth-order valence-corrected chi connectivity index (χ4v) is 3.57. The molecule has 1 aliphatic heterocycles. The fraction of sp³-hybridized carbons (Fsp3) is 0.600. The molecule has 4 heteroatoms. The summed E-state index contributed by atoms with van der Waals surface area (Å²) >= 11 is 0. The van der Waals surface area contributed by atoms with Gasteiger partial charge in [-0.1, -0.05) is 6.07 Å². The van der Waals surface area contributed by atoms with Crippen LogP contribution in [0.5, 0.6) is 11.5 Å². The fourth-order valence-electron chi connectivity index (χ4n) is 3.57.